The van der Waals surface area contributed by atoms with Crippen molar-refractivity contribution in [1.82, 2.24) is 9.97 Å². The molecule has 7 heteroatoms. The number of halogens is 3. The number of nitrogens with one attached hydrogen (secondary N) is 1. The second-order valence-electron chi connectivity index (χ2n) is 3.67. The Morgan fingerprint density at radius 2 is 2.05 bits per heavy atom. The van der Waals surface area contributed by atoms with Gasteiger partial charge in [0.1, 0.15) is 17.6 Å². The van der Waals surface area contributed by atoms with Gasteiger partial charge in [-0.1, -0.05) is 39.1 Å². The van der Waals surface area contributed by atoms with Crippen LogP contribution in [0, 0.1) is 0 Å². The lowest BCUT2D eigenvalue weighted by Crippen LogP contribution is -2.02. The molecule has 1 N–H and O–H groups in total. The maximum Gasteiger partial charge on any atom is 0.158 e. The molecule has 0 unspecified atom stereocenters. The maximum atomic E-state index is 6.10. The van der Waals surface area contributed by atoms with Gasteiger partial charge in [-0.3, -0.25) is 0 Å². The van der Waals surface area contributed by atoms with Crippen LogP contribution in [-0.4, -0.2) is 17.1 Å². The fourth-order valence-corrected chi connectivity index (χ4v) is 2.18. The third-order valence-electron chi connectivity index (χ3n) is 2.21. The van der Waals surface area contributed by atoms with E-state index in [-0.39, 0.29) is 0 Å². The Bertz CT molecular complexity index is 595. The Labute approximate surface area is 129 Å². The highest BCUT2D eigenvalue weighted by Crippen LogP contribution is 2.28. The van der Waals surface area contributed by atoms with Gasteiger partial charge >= 0.3 is 0 Å². The predicted molar refractivity (Wildman–Crippen MR) is 80.2 cm³/mol. The molecule has 2 aromatic rings. The summed E-state index contributed by atoms with van der Waals surface area (Å²) in [4.78, 5) is 8.34. The molecule has 0 aliphatic carbocycles. The molecule has 0 saturated carbocycles. The Morgan fingerprint density at radius 1 is 1.26 bits per heavy atom. The third kappa shape index (κ3) is 4.04. The third-order valence-corrected chi connectivity index (χ3v) is 3.22. The van der Waals surface area contributed by atoms with Gasteiger partial charge in [0, 0.05) is 17.6 Å². The van der Waals surface area contributed by atoms with Crippen LogP contribution in [0.25, 0.3) is 0 Å². The summed E-state index contributed by atoms with van der Waals surface area (Å²) in [5.74, 6) is 1.07. The summed E-state index contributed by atoms with van der Waals surface area (Å²) in [7, 11) is 1.57. The van der Waals surface area contributed by atoms with Gasteiger partial charge in [-0.2, -0.15) is 0 Å². The van der Waals surface area contributed by atoms with Crippen molar-refractivity contribution in [2.24, 2.45) is 0 Å². The monoisotopic (exact) mass is 361 g/mol. The zero-order valence-electron chi connectivity index (χ0n) is 9.95. The van der Waals surface area contributed by atoms with Gasteiger partial charge in [-0.25, -0.2) is 9.97 Å². The molecule has 19 heavy (non-hydrogen) atoms. The van der Waals surface area contributed by atoms with Crippen molar-refractivity contribution < 1.29 is 4.74 Å². The molecule has 1 heterocycles. The Hall–Kier alpha value is -0.880. The van der Waals surface area contributed by atoms with Crippen LogP contribution in [0.1, 0.15) is 5.82 Å². The van der Waals surface area contributed by atoms with Crippen molar-refractivity contribution in [2.75, 3.05) is 12.4 Å². The van der Waals surface area contributed by atoms with E-state index in [1.165, 1.54) is 0 Å². The zero-order chi connectivity index (χ0) is 13.8. The summed E-state index contributed by atoms with van der Waals surface area (Å²) in [5, 5.41) is 4.03. The molecule has 0 aliphatic heterocycles. The normalized spacial score (nSPS) is 10.5. The highest BCUT2D eigenvalue weighted by Gasteiger charge is 2.06. The molecule has 1 aromatic heterocycles. The summed E-state index contributed by atoms with van der Waals surface area (Å²) >= 11 is 15.4. The maximum absolute atomic E-state index is 6.10. The largest absolute Gasteiger partial charge is 0.377 e. The molecule has 0 saturated heterocycles. The minimum atomic E-state index is 0.293. The smallest absolute Gasteiger partial charge is 0.158 e. The average Bonchev–Trinajstić information content (AvgIpc) is 2.33. The number of rotatable bonds is 4. The minimum absolute atomic E-state index is 0.293. The Morgan fingerprint density at radius 3 is 2.79 bits per heavy atom. The van der Waals surface area contributed by atoms with E-state index in [1.54, 1.807) is 19.2 Å². The van der Waals surface area contributed by atoms with Crippen molar-refractivity contribution in [3.8, 4) is 0 Å². The molecule has 0 amide bonds. The molecule has 0 fully saturated rings. The number of ether oxygens (including phenoxy) is 1. The van der Waals surface area contributed by atoms with E-state index in [0.29, 0.717) is 28.4 Å². The van der Waals surface area contributed by atoms with Crippen LogP contribution in [-0.2, 0) is 11.3 Å². The summed E-state index contributed by atoms with van der Waals surface area (Å²) in [6.45, 7) is 0.293. The molecule has 0 bridgehead atoms. The topological polar surface area (TPSA) is 47.0 Å². The molecule has 0 radical (unpaired) electrons. The van der Waals surface area contributed by atoms with Crippen molar-refractivity contribution >= 4 is 50.6 Å². The fraction of sp³-hybridized carbons (Fsp3) is 0.167. The van der Waals surface area contributed by atoms with Crippen LogP contribution < -0.4 is 5.32 Å². The van der Waals surface area contributed by atoms with E-state index in [4.69, 9.17) is 27.9 Å². The number of anilines is 2. The van der Waals surface area contributed by atoms with Gasteiger partial charge < -0.3 is 10.1 Å². The molecular weight excluding hydrogens is 353 g/mol. The van der Waals surface area contributed by atoms with E-state index in [1.807, 2.05) is 12.1 Å². The highest BCUT2D eigenvalue weighted by atomic mass is 79.9. The van der Waals surface area contributed by atoms with Crippen LogP contribution in [0.4, 0.5) is 11.5 Å². The van der Waals surface area contributed by atoms with Gasteiger partial charge in [0.05, 0.1) is 10.7 Å². The molecule has 100 valence electrons. The van der Waals surface area contributed by atoms with Gasteiger partial charge in [0.2, 0.25) is 0 Å². The van der Waals surface area contributed by atoms with E-state index >= 15 is 0 Å². The van der Waals surface area contributed by atoms with E-state index in [9.17, 15) is 0 Å². The first-order chi connectivity index (χ1) is 9.08. The highest BCUT2D eigenvalue weighted by molar-refractivity contribution is 9.10. The minimum Gasteiger partial charge on any atom is -0.377 e. The lowest BCUT2D eigenvalue weighted by atomic mass is 10.3. The number of nitrogens with zero attached hydrogens (tertiary/aromatic N) is 2. The van der Waals surface area contributed by atoms with Gasteiger partial charge in [-0.15, -0.1) is 0 Å². The Balaban J connectivity index is 2.29. The molecule has 0 aliphatic rings. The van der Waals surface area contributed by atoms with E-state index in [0.717, 1.165) is 10.2 Å². The summed E-state index contributed by atoms with van der Waals surface area (Å²) < 4.78 is 5.90. The second kappa shape index (κ2) is 6.52. The number of methoxy groups -OCH3 is 1. The van der Waals surface area contributed by atoms with Gasteiger partial charge in [0.25, 0.3) is 0 Å². The lowest BCUT2D eigenvalue weighted by Gasteiger charge is -2.09. The van der Waals surface area contributed by atoms with Crippen molar-refractivity contribution in [2.45, 2.75) is 6.61 Å². The summed E-state index contributed by atoms with van der Waals surface area (Å²) in [6.07, 6.45) is 0. The predicted octanol–water partition coefficient (Wildman–Crippen LogP) is 4.44. The quantitative estimate of drug-likeness (QED) is 0.817. The van der Waals surface area contributed by atoms with Gasteiger partial charge in [-0.05, 0) is 18.2 Å². The van der Waals surface area contributed by atoms with Crippen LogP contribution in [0.3, 0.4) is 0 Å². The second-order valence-corrected chi connectivity index (χ2v) is 5.38. The molecule has 2 rings (SSSR count). The number of hydrogen-bond acceptors (Lipinski definition) is 4. The van der Waals surface area contributed by atoms with Crippen molar-refractivity contribution in [3.63, 3.8) is 0 Å². The summed E-state index contributed by atoms with van der Waals surface area (Å²) in [6, 6.07) is 7.12. The number of benzene rings is 1. The van der Waals surface area contributed by atoms with Crippen molar-refractivity contribution in [3.05, 3.63) is 44.7 Å². The molecule has 0 spiro atoms. The van der Waals surface area contributed by atoms with Crippen LogP contribution in [0.5, 0.6) is 0 Å². The number of hydrogen-bond donors (Lipinski definition) is 1. The lowest BCUT2D eigenvalue weighted by molar-refractivity contribution is 0.178. The number of aromatic nitrogens is 2. The molecule has 1 aromatic carbocycles. The Kier molecular flexibility index (Phi) is 4.99. The van der Waals surface area contributed by atoms with Crippen molar-refractivity contribution in [1.29, 1.82) is 0 Å². The average molecular weight is 363 g/mol. The first-order valence-corrected chi connectivity index (χ1v) is 6.88. The van der Waals surface area contributed by atoms with Crippen LogP contribution in [0.15, 0.2) is 28.7 Å². The SMILES string of the molecule is COCc1nc(Cl)cc(Nc2cc(Br)ccc2Cl)n1. The molecular formula is C12H10BrCl2N3O. The first kappa shape index (κ1) is 14.5. The van der Waals surface area contributed by atoms with Crippen LogP contribution >= 0.6 is 39.1 Å². The van der Waals surface area contributed by atoms with Gasteiger partial charge in [0.15, 0.2) is 5.82 Å². The van der Waals surface area contributed by atoms with E-state index < -0.39 is 0 Å². The first-order valence-electron chi connectivity index (χ1n) is 5.33. The van der Waals surface area contributed by atoms with E-state index in [2.05, 4.69) is 31.2 Å². The fourth-order valence-electron chi connectivity index (χ4n) is 1.45. The standard InChI is InChI=1S/C12H10BrCl2N3O/c1-19-6-12-17-10(15)5-11(18-12)16-9-4-7(13)2-3-8(9)14/h2-5H,6H2,1H3,(H,16,17,18). The zero-order valence-corrected chi connectivity index (χ0v) is 13.1. The molecule has 4 nitrogen and oxygen atoms in total. The van der Waals surface area contributed by atoms with Crippen LogP contribution in [0.2, 0.25) is 10.2 Å². The molecule has 0 atom stereocenters. The summed E-state index contributed by atoms with van der Waals surface area (Å²) in [5.41, 5.74) is 0.731.